The minimum Gasteiger partial charge on any atom is -0.143 e. The molecule has 0 radical (unpaired) electrons. The molecule has 1 rings (SSSR count). The van der Waals surface area contributed by atoms with Crippen molar-refractivity contribution >= 4 is 43.2 Å². The first kappa shape index (κ1) is 13.7. The van der Waals surface area contributed by atoms with Gasteiger partial charge < -0.3 is 0 Å². The second-order valence-electron chi connectivity index (χ2n) is 3.87. The van der Waals surface area contributed by atoms with Crippen LogP contribution in [0.15, 0.2) is 10.5 Å². The molecule has 0 nitrogen and oxygen atoms in total. The van der Waals surface area contributed by atoms with Gasteiger partial charge in [0.05, 0.1) is 0 Å². The highest BCUT2D eigenvalue weighted by Crippen LogP contribution is 2.37. The number of hydrogen-bond acceptors (Lipinski definition) is 1. The molecular weight excluding hydrogens is 336 g/mol. The highest BCUT2D eigenvalue weighted by Gasteiger charge is 2.11. The van der Waals surface area contributed by atoms with E-state index in [2.05, 4.69) is 51.8 Å². The molecule has 0 fully saturated rings. The lowest BCUT2D eigenvalue weighted by Crippen LogP contribution is -1.86. The fourth-order valence-corrected chi connectivity index (χ4v) is 3.84. The normalized spacial score (nSPS) is 13.1. The zero-order valence-electron chi connectivity index (χ0n) is 9.35. The molecule has 0 aliphatic rings. The monoisotopic (exact) mass is 352 g/mol. The highest BCUT2D eigenvalue weighted by atomic mass is 79.9. The standard InChI is InChI=1S/C12H18Br2S/c1-3-4-5-6-7-10(13)12-8-11(14)9(2)15-12/h8,10H,3-7H2,1-2H3. The minimum absolute atomic E-state index is 0.546. The molecule has 1 heterocycles. The van der Waals surface area contributed by atoms with E-state index in [-0.39, 0.29) is 0 Å². The fourth-order valence-electron chi connectivity index (χ4n) is 1.53. The van der Waals surface area contributed by atoms with Crippen LogP contribution < -0.4 is 0 Å². The first-order valence-electron chi connectivity index (χ1n) is 5.55. The lowest BCUT2D eigenvalue weighted by Gasteiger charge is -2.06. The summed E-state index contributed by atoms with van der Waals surface area (Å²) in [6.07, 6.45) is 6.64. The minimum atomic E-state index is 0.546. The van der Waals surface area contributed by atoms with Crippen LogP contribution in [0, 0.1) is 6.92 Å². The summed E-state index contributed by atoms with van der Waals surface area (Å²) in [7, 11) is 0. The van der Waals surface area contributed by atoms with Crippen molar-refractivity contribution in [3.63, 3.8) is 0 Å². The van der Waals surface area contributed by atoms with Crippen molar-refractivity contribution in [3.8, 4) is 0 Å². The summed E-state index contributed by atoms with van der Waals surface area (Å²) in [6.45, 7) is 4.42. The molecule has 0 spiro atoms. The third kappa shape index (κ3) is 4.58. The van der Waals surface area contributed by atoms with Crippen LogP contribution in [-0.4, -0.2) is 0 Å². The Labute approximate surface area is 114 Å². The number of hydrogen-bond donors (Lipinski definition) is 0. The Morgan fingerprint density at radius 1 is 1.33 bits per heavy atom. The molecule has 0 N–H and O–H groups in total. The molecule has 0 aromatic carbocycles. The van der Waals surface area contributed by atoms with Gasteiger partial charge in [-0.1, -0.05) is 48.5 Å². The number of alkyl halides is 1. The Hall–Kier alpha value is 0.660. The Balaban J connectivity index is 2.36. The summed E-state index contributed by atoms with van der Waals surface area (Å²) >= 11 is 9.23. The molecule has 1 aromatic heterocycles. The van der Waals surface area contributed by atoms with Crippen molar-refractivity contribution in [1.82, 2.24) is 0 Å². The van der Waals surface area contributed by atoms with Crippen molar-refractivity contribution in [3.05, 3.63) is 20.3 Å². The topological polar surface area (TPSA) is 0 Å². The van der Waals surface area contributed by atoms with E-state index in [0.29, 0.717) is 4.83 Å². The van der Waals surface area contributed by atoms with Crippen molar-refractivity contribution in [2.45, 2.75) is 50.8 Å². The van der Waals surface area contributed by atoms with Gasteiger partial charge in [0.2, 0.25) is 0 Å². The van der Waals surface area contributed by atoms with Crippen LogP contribution >= 0.6 is 43.2 Å². The SMILES string of the molecule is CCCCCCC(Br)c1cc(Br)c(C)s1. The molecule has 1 atom stereocenters. The molecule has 0 amide bonds. The molecule has 0 saturated heterocycles. The van der Waals surface area contributed by atoms with Crippen molar-refractivity contribution < 1.29 is 0 Å². The molecule has 0 aliphatic carbocycles. The van der Waals surface area contributed by atoms with Crippen LogP contribution in [0.3, 0.4) is 0 Å². The van der Waals surface area contributed by atoms with E-state index >= 15 is 0 Å². The van der Waals surface area contributed by atoms with Crippen LogP contribution in [0.25, 0.3) is 0 Å². The average Bonchev–Trinajstić information content (AvgIpc) is 2.54. The van der Waals surface area contributed by atoms with Crippen LogP contribution in [0.2, 0.25) is 0 Å². The van der Waals surface area contributed by atoms with Gasteiger partial charge in [-0.05, 0) is 35.3 Å². The van der Waals surface area contributed by atoms with Gasteiger partial charge in [-0.15, -0.1) is 11.3 Å². The van der Waals surface area contributed by atoms with Crippen molar-refractivity contribution in [2.24, 2.45) is 0 Å². The number of halogens is 2. The molecule has 3 heteroatoms. The zero-order valence-corrected chi connectivity index (χ0v) is 13.3. The van der Waals surface area contributed by atoms with E-state index in [9.17, 15) is 0 Å². The summed E-state index contributed by atoms with van der Waals surface area (Å²) in [5.41, 5.74) is 0. The quantitative estimate of drug-likeness (QED) is 0.420. The molecule has 0 saturated carbocycles. The predicted molar refractivity (Wildman–Crippen MR) is 77.2 cm³/mol. The van der Waals surface area contributed by atoms with Gasteiger partial charge in [0.1, 0.15) is 0 Å². The number of thiophene rings is 1. The van der Waals surface area contributed by atoms with Crippen LogP contribution in [0.1, 0.15) is 53.6 Å². The second-order valence-corrected chi connectivity index (χ2v) is 7.12. The lowest BCUT2D eigenvalue weighted by atomic mass is 10.1. The molecule has 1 unspecified atom stereocenters. The van der Waals surface area contributed by atoms with Crippen LogP contribution in [-0.2, 0) is 0 Å². The van der Waals surface area contributed by atoms with Gasteiger partial charge in [-0.3, -0.25) is 0 Å². The van der Waals surface area contributed by atoms with E-state index < -0.39 is 0 Å². The zero-order chi connectivity index (χ0) is 11.3. The Morgan fingerprint density at radius 2 is 2.07 bits per heavy atom. The van der Waals surface area contributed by atoms with Crippen molar-refractivity contribution in [1.29, 1.82) is 0 Å². The average molecular weight is 354 g/mol. The van der Waals surface area contributed by atoms with Gasteiger partial charge in [0.15, 0.2) is 0 Å². The number of rotatable bonds is 6. The van der Waals surface area contributed by atoms with Gasteiger partial charge in [-0.2, -0.15) is 0 Å². The third-order valence-corrected chi connectivity index (χ3v) is 6.00. The smallest absolute Gasteiger partial charge is 0.0489 e. The molecular formula is C12H18Br2S. The van der Waals surface area contributed by atoms with Gasteiger partial charge in [0, 0.05) is 19.1 Å². The predicted octanol–water partition coefficient (Wildman–Crippen LogP) is 6.23. The van der Waals surface area contributed by atoms with E-state index in [1.165, 1.54) is 46.3 Å². The largest absolute Gasteiger partial charge is 0.143 e. The Morgan fingerprint density at radius 3 is 2.60 bits per heavy atom. The maximum atomic E-state index is 3.78. The van der Waals surface area contributed by atoms with Gasteiger partial charge in [0.25, 0.3) is 0 Å². The molecule has 1 aromatic rings. The van der Waals surface area contributed by atoms with E-state index in [1.54, 1.807) is 0 Å². The lowest BCUT2D eigenvalue weighted by molar-refractivity contribution is 0.632. The molecule has 86 valence electrons. The van der Waals surface area contributed by atoms with E-state index in [0.717, 1.165) is 0 Å². The van der Waals surface area contributed by atoms with Crippen molar-refractivity contribution in [2.75, 3.05) is 0 Å². The third-order valence-electron chi connectivity index (χ3n) is 2.50. The van der Waals surface area contributed by atoms with Gasteiger partial charge >= 0.3 is 0 Å². The van der Waals surface area contributed by atoms with E-state index in [1.807, 2.05) is 11.3 Å². The van der Waals surface area contributed by atoms with Crippen LogP contribution in [0.5, 0.6) is 0 Å². The maximum Gasteiger partial charge on any atom is 0.0489 e. The van der Waals surface area contributed by atoms with E-state index in [4.69, 9.17) is 0 Å². The fraction of sp³-hybridized carbons (Fsp3) is 0.667. The van der Waals surface area contributed by atoms with Crippen LogP contribution in [0.4, 0.5) is 0 Å². The maximum absolute atomic E-state index is 3.78. The summed E-state index contributed by atoms with van der Waals surface area (Å²) in [5, 5.41) is 0. The first-order chi connectivity index (χ1) is 7.15. The van der Waals surface area contributed by atoms with Gasteiger partial charge in [-0.25, -0.2) is 0 Å². The Kier molecular flexibility index (Phi) is 6.48. The number of aryl methyl sites for hydroxylation is 1. The number of unbranched alkanes of at least 4 members (excludes halogenated alkanes) is 3. The second kappa shape index (κ2) is 7.08. The summed E-state index contributed by atoms with van der Waals surface area (Å²) in [5.74, 6) is 0. The summed E-state index contributed by atoms with van der Waals surface area (Å²) in [4.78, 5) is 3.38. The molecule has 0 aliphatic heterocycles. The first-order valence-corrected chi connectivity index (χ1v) is 8.07. The molecule has 15 heavy (non-hydrogen) atoms. The Bertz CT molecular complexity index is 274. The summed E-state index contributed by atoms with van der Waals surface area (Å²) < 4.78 is 1.25. The molecule has 0 bridgehead atoms. The summed E-state index contributed by atoms with van der Waals surface area (Å²) in [6, 6.07) is 2.25. The highest BCUT2D eigenvalue weighted by molar-refractivity contribution is 9.10.